The zero-order valence-electron chi connectivity index (χ0n) is 15.2. The van der Waals surface area contributed by atoms with E-state index in [9.17, 15) is 14.0 Å². The summed E-state index contributed by atoms with van der Waals surface area (Å²) in [4.78, 5) is 28.1. The molecule has 0 saturated heterocycles. The third-order valence-corrected chi connectivity index (χ3v) is 4.44. The van der Waals surface area contributed by atoms with Crippen LogP contribution in [0.15, 0.2) is 24.3 Å². The fraction of sp³-hybridized carbons (Fsp3) is 0.350. The fourth-order valence-corrected chi connectivity index (χ4v) is 3.10. The van der Waals surface area contributed by atoms with Crippen molar-refractivity contribution < 1.29 is 23.5 Å². The number of nitrogens with zero attached hydrogens (tertiary/aromatic N) is 1. The molecule has 0 aliphatic rings. The van der Waals surface area contributed by atoms with E-state index in [-0.39, 0.29) is 23.3 Å². The zero-order chi connectivity index (χ0) is 19.6. The standard InChI is InChI=1S/C20H20FNO4S/c1-3-25-17(23)12-7-5-6-11-16-18(20(24)26-4-2)27-19(22-16)14-9-8-10-15(21)13-14/h8-10,13H,3-5,7,12H2,1-2H3. The molecular weight excluding hydrogens is 369 g/mol. The van der Waals surface area contributed by atoms with Crippen molar-refractivity contribution in [1.82, 2.24) is 4.98 Å². The summed E-state index contributed by atoms with van der Waals surface area (Å²) >= 11 is 1.12. The average Bonchev–Trinajstić information content (AvgIpc) is 3.06. The molecule has 0 radical (unpaired) electrons. The summed E-state index contributed by atoms with van der Waals surface area (Å²) in [6.07, 6.45) is 1.31. The Kier molecular flexibility index (Phi) is 7.96. The maximum atomic E-state index is 13.5. The summed E-state index contributed by atoms with van der Waals surface area (Å²) in [7, 11) is 0. The third-order valence-electron chi connectivity index (χ3n) is 3.35. The molecule has 1 heterocycles. The molecule has 142 valence electrons. The van der Waals surface area contributed by atoms with Crippen LogP contribution in [0.4, 0.5) is 4.39 Å². The van der Waals surface area contributed by atoms with Gasteiger partial charge < -0.3 is 9.47 Å². The van der Waals surface area contributed by atoms with Crippen LogP contribution in [0, 0.1) is 17.7 Å². The molecular formula is C20H20FNO4S. The highest BCUT2D eigenvalue weighted by Gasteiger charge is 2.19. The number of thiazole rings is 1. The Balaban J connectivity index is 2.17. The van der Waals surface area contributed by atoms with E-state index in [2.05, 4.69) is 16.8 Å². The van der Waals surface area contributed by atoms with Gasteiger partial charge in [-0.1, -0.05) is 18.1 Å². The topological polar surface area (TPSA) is 65.5 Å². The number of ether oxygens (including phenoxy) is 2. The van der Waals surface area contributed by atoms with Gasteiger partial charge in [0.15, 0.2) is 0 Å². The van der Waals surface area contributed by atoms with Gasteiger partial charge in [0.1, 0.15) is 21.4 Å². The van der Waals surface area contributed by atoms with Gasteiger partial charge in [0, 0.05) is 18.4 Å². The van der Waals surface area contributed by atoms with E-state index in [4.69, 9.17) is 9.47 Å². The molecule has 5 nitrogen and oxygen atoms in total. The number of halogens is 1. The number of benzene rings is 1. The van der Waals surface area contributed by atoms with E-state index in [1.165, 1.54) is 12.1 Å². The Morgan fingerprint density at radius 3 is 2.70 bits per heavy atom. The number of esters is 2. The van der Waals surface area contributed by atoms with Crippen LogP contribution in [-0.4, -0.2) is 30.1 Å². The maximum absolute atomic E-state index is 13.5. The molecule has 0 fully saturated rings. The van der Waals surface area contributed by atoms with Crippen molar-refractivity contribution in [2.24, 2.45) is 0 Å². The van der Waals surface area contributed by atoms with Crippen LogP contribution in [0.2, 0.25) is 0 Å². The molecule has 27 heavy (non-hydrogen) atoms. The Morgan fingerprint density at radius 1 is 1.22 bits per heavy atom. The van der Waals surface area contributed by atoms with Crippen LogP contribution in [0.25, 0.3) is 10.6 Å². The first-order valence-electron chi connectivity index (χ1n) is 8.63. The lowest BCUT2D eigenvalue weighted by molar-refractivity contribution is -0.143. The molecule has 7 heteroatoms. The minimum atomic E-state index is -0.506. The first-order valence-corrected chi connectivity index (χ1v) is 9.45. The van der Waals surface area contributed by atoms with Crippen LogP contribution < -0.4 is 0 Å². The van der Waals surface area contributed by atoms with Crippen molar-refractivity contribution in [1.29, 1.82) is 0 Å². The number of carbonyl (C=O) groups is 2. The van der Waals surface area contributed by atoms with Crippen LogP contribution in [0.5, 0.6) is 0 Å². The Hall–Kier alpha value is -2.72. The molecule has 0 atom stereocenters. The van der Waals surface area contributed by atoms with Crippen LogP contribution in [-0.2, 0) is 14.3 Å². The summed E-state index contributed by atoms with van der Waals surface area (Å²) in [6, 6.07) is 5.99. The molecule has 1 aromatic heterocycles. The first-order chi connectivity index (χ1) is 13.0. The third kappa shape index (κ3) is 6.19. The SMILES string of the molecule is CCOC(=O)CCCC#Cc1nc(-c2cccc(F)c2)sc1C(=O)OCC. The second kappa shape index (κ2) is 10.4. The van der Waals surface area contributed by atoms with E-state index >= 15 is 0 Å². The van der Waals surface area contributed by atoms with E-state index in [0.717, 1.165) is 11.3 Å². The first kappa shape index (κ1) is 20.6. The average molecular weight is 389 g/mol. The van der Waals surface area contributed by atoms with Crippen molar-refractivity contribution in [3.05, 3.63) is 40.7 Å². The monoisotopic (exact) mass is 389 g/mol. The highest BCUT2D eigenvalue weighted by atomic mass is 32.1. The van der Waals surface area contributed by atoms with Gasteiger partial charge in [-0.3, -0.25) is 4.79 Å². The fourth-order valence-electron chi connectivity index (χ4n) is 2.19. The quantitative estimate of drug-likeness (QED) is 0.403. The van der Waals surface area contributed by atoms with Crippen molar-refractivity contribution in [2.75, 3.05) is 13.2 Å². The van der Waals surface area contributed by atoms with E-state index in [1.807, 2.05) is 0 Å². The number of rotatable bonds is 7. The Labute approximate surface area is 161 Å². The number of hydrogen-bond acceptors (Lipinski definition) is 6. The largest absolute Gasteiger partial charge is 0.466 e. The van der Waals surface area contributed by atoms with Crippen molar-refractivity contribution in [2.45, 2.75) is 33.1 Å². The second-order valence-corrected chi connectivity index (χ2v) is 6.39. The van der Waals surface area contributed by atoms with Gasteiger partial charge in [0.25, 0.3) is 0 Å². The summed E-state index contributed by atoms with van der Waals surface area (Å²) in [5.41, 5.74) is 0.870. The van der Waals surface area contributed by atoms with E-state index in [0.29, 0.717) is 42.1 Å². The van der Waals surface area contributed by atoms with Crippen LogP contribution >= 0.6 is 11.3 Å². The molecule has 0 spiro atoms. The van der Waals surface area contributed by atoms with Gasteiger partial charge >= 0.3 is 11.9 Å². The number of aromatic nitrogens is 1. The lowest BCUT2D eigenvalue weighted by Crippen LogP contribution is -2.04. The summed E-state index contributed by atoms with van der Waals surface area (Å²) in [6.45, 7) is 4.06. The minimum Gasteiger partial charge on any atom is -0.466 e. The number of hydrogen-bond donors (Lipinski definition) is 0. The smallest absolute Gasteiger partial charge is 0.351 e. The van der Waals surface area contributed by atoms with E-state index < -0.39 is 5.97 Å². The van der Waals surface area contributed by atoms with E-state index in [1.54, 1.807) is 26.0 Å². The molecule has 0 aliphatic heterocycles. The Morgan fingerprint density at radius 2 is 2.00 bits per heavy atom. The van der Waals surface area contributed by atoms with Crippen molar-refractivity contribution in [3.63, 3.8) is 0 Å². The predicted octanol–water partition coefficient (Wildman–Crippen LogP) is 4.21. The number of carbonyl (C=O) groups excluding carboxylic acids is 2. The lowest BCUT2D eigenvalue weighted by atomic mass is 10.2. The highest BCUT2D eigenvalue weighted by Crippen LogP contribution is 2.29. The van der Waals surface area contributed by atoms with Gasteiger partial charge in [-0.05, 0) is 38.3 Å². The highest BCUT2D eigenvalue weighted by molar-refractivity contribution is 7.17. The van der Waals surface area contributed by atoms with Gasteiger partial charge in [0.05, 0.1) is 13.2 Å². The van der Waals surface area contributed by atoms with Crippen molar-refractivity contribution >= 4 is 23.3 Å². The van der Waals surface area contributed by atoms with Gasteiger partial charge in [-0.15, -0.1) is 11.3 Å². The molecule has 2 aromatic rings. The van der Waals surface area contributed by atoms with Gasteiger partial charge in [-0.2, -0.15) is 0 Å². The molecule has 0 unspecified atom stereocenters. The molecule has 1 aromatic carbocycles. The summed E-state index contributed by atoms with van der Waals surface area (Å²) in [5, 5.41) is 0.494. The molecule has 0 bridgehead atoms. The summed E-state index contributed by atoms with van der Waals surface area (Å²) < 4.78 is 23.4. The lowest BCUT2D eigenvalue weighted by Gasteiger charge is -1.98. The normalized spacial score (nSPS) is 10.0. The minimum absolute atomic E-state index is 0.235. The van der Waals surface area contributed by atoms with Gasteiger partial charge in [0.2, 0.25) is 0 Å². The van der Waals surface area contributed by atoms with Crippen LogP contribution in [0.1, 0.15) is 48.5 Å². The van der Waals surface area contributed by atoms with Crippen LogP contribution in [0.3, 0.4) is 0 Å². The van der Waals surface area contributed by atoms with Crippen molar-refractivity contribution in [3.8, 4) is 22.4 Å². The molecule has 0 N–H and O–H groups in total. The maximum Gasteiger partial charge on any atom is 0.351 e. The molecule has 0 aliphatic carbocycles. The predicted molar refractivity (Wildman–Crippen MR) is 101 cm³/mol. The zero-order valence-corrected chi connectivity index (χ0v) is 16.0. The second-order valence-electron chi connectivity index (χ2n) is 5.39. The molecule has 2 rings (SSSR count). The Bertz CT molecular complexity index is 866. The molecule has 0 amide bonds. The van der Waals surface area contributed by atoms with Gasteiger partial charge in [-0.25, -0.2) is 14.2 Å². The summed E-state index contributed by atoms with van der Waals surface area (Å²) in [5.74, 6) is 4.64. The molecule has 0 saturated carbocycles. The number of unbranched alkanes of at least 4 members (excludes halogenated alkanes) is 1.